The lowest BCUT2D eigenvalue weighted by molar-refractivity contribution is 1.17. The molecule has 0 heterocycles. The molecule has 0 spiro atoms. The molecule has 0 bridgehead atoms. The number of aryl methyl sites for hydroxylation is 2. The second kappa shape index (κ2) is 10.4. The molecule has 164 valence electrons. The maximum Gasteiger partial charge on any atom is 0.0343 e. The molecule has 0 atom stereocenters. The summed E-state index contributed by atoms with van der Waals surface area (Å²) in [7, 11) is 0. The summed E-state index contributed by atoms with van der Waals surface area (Å²) < 4.78 is 0. The quantitative estimate of drug-likeness (QED) is 0.325. The molecule has 0 unspecified atom stereocenters. The molecule has 0 saturated heterocycles. The number of hydrogen-bond donors (Lipinski definition) is 4. The van der Waals surface area contributed by atoms with Gasteiger partial charge in [0, 0.05) is 22.7 Å². The number of rotatable bonds is 4. The van der Waals surface area contributed by atoms with Gasteiger partial charge in [-0.1, -0.05) is 48.5 Å². The number of anilines is 4. The molecular formula is C28H32N4. The van der Waals surface area contributed by atoms with Crippen molar-refractivity contribution in [3.8, 4) is 0 Å². The fraction of sp³-hybridized carbons (Fsp3) is 0.143. The summed E-state index contributed by atoms with van der Waals surface area (Å²) in [6.07, 6.45) is 1.81. The second-order valence-electron chi connectivity index (χ2n) is 8.22. The van der Waals surface area contributed by atoms with Crippen molar-refractivity contribution in [2.45, 2.75) is 26.7 Å². The first-order valence-electron chi connectivity index (χ1n) is 10.7. The minimum atomic E-state index is 0.798. The highest BCUT2D eigenvalue weighted by molar-refractivity contribution is 5.51. The van der Waals surface area contributed by atoms with Gasteiger partial charge in [0.05, 0.1) is 0 Å². The Labute approximate surface area is 190 Å². The van der Waals surface area contributed by atoms with Crippen LogP contribution in [0.1, 0.15) is 33.4 Å². The van der Waals surface area contributed by atoms with Gasteiger partial charge < -0.3 is 22.9 Å². The van der Waals surface area contributed by atoms with Gasteiger partial charge in [0.25, 0.3) is 0 Å². The predicted molar refractivity (Wildman–Crippen MR) is 139 cm³/mol. The molecule has 4 heteroatoms. The Bertz CT molecular complexity index is 1130. The topological polar surface area (TPSA) is 104 Å². The van der Waals surface area contributed by atoms with Crippen LogP contribution in [0, 0.1) is 13.8 Å². The van der Waals surface area contributed by atoms with E-state index in [4.69, 9.17) is 22.9 Å². The SMILES string of the molecule is Cc1cc(Cc2ccc(N)c(C)c2)ccc1N.Nc1ccc(Cc2cccc(N)c2)cc1. The average Bonchev–Trinajstić information content (AvgIpc) is 2.76. The van der Waals surface area contributed by atoms with Crippen LogP contribution in [-0.2, 0) is 12.8 Å². The Kier molecular flexibility index (Phi) is 7.40. The van der Waals surface area contributed by atoms with Gasteiger partial charge in [-0.3, -0.25) is 0 Å². The summed E-state index contributed by atoms with van der Waals surface area (Å²) in [6.45, 7) is 4.07. The zero-order valence-electron chi connectivity index (χ0n) is 18.8. The van der Waals surface area contributed by atoms with Gasteiger partial charge in [-0.25, -0.2) is 0 Å². The molecule has 4 rings (SSSR count). The largest absolute Gasteiger partial charge is 0.399 e. The van der Waals surface area contributed by atoms with Gasteiger partial charge in [-0.2, -0.15) is 0 Å². The fourth-order valence-electron chi connectivity index (χ4n) is 3.51. The molecule has 0 aliphatic carbocycles. The van der Waals surface area contributed by atoms with Gasteiger partial charge in [0.2, 0.25) is 0 Å². The Balaban J connectivity index is 0.000000182. The summed E-state index contributed by atoms with van der Waals surface area (Å²) in [4.78, 5) is 0. The summed E-state index contributed by atoms with van der Waals surface area (Å²) in [5, 5.41) is 0. The minimum absolute atomic E-state index is 0.798. The third kappa shape index (κ3) is 6.54. The lowest BCUT2D eigenvalue weighted by atomic mass is 10.0. The van der Waals surface area contributed by atoms with Gasteiger partial charge in [-0.15, -0.1) is 0 Å². The van der Waals surface area contributed by atoms with Crippen LogP contribution in [0.2, 0.25) is 0 Å². The van der Waals surface area contributed by atoms with E-state index in [1.165, 1.54) is 22.3 Å². The molecule has 0 amide bonds. The first kappa shape index (κ1) is 22.8. The van der Waals surface area contributed by atoms with E-state index in [0.717, 1.165) is 46.7 Å². The summed E-state index contributed by atoms with van der Waals surface area (Å²) >= 11 is 0. The number of benzene rings is 4. The lowest BCUT2D eigenvalue weighted by Crippen LogP contribution is -1.95. The Hall–Kier alpha value is -3.92. The molecule has 4 nitrogen and oxygen atoms in total. The van der Waals surface area contributed by atoms with Crippen LogP contribution in [0.15, 0.2) is 84.9 Å². The number of nitrogens with two attached hydrogens (primary N) is 4. The van der Waals surface area contributed by atoms with Crippen molar-refractivity contribution in [3.63, 3.8) is 0 Å². The van der Waals surface area contributed by atoms with E-state index in [0.29, 0.717) is 0 Å². The molecule has 0 radical (unpaired) electrons. The minimum Gasteiger partial charge on any atom is -0.399 e. The Morgan fingerprint density at radius 1 is 0.469 bits per heavy atom. The molecule has 4 aromatic rings. The first-order valence-corrected chi connectivity index (χ1v) is 10.7. The maximum atomic E-state index is 5.81. The molecule has 0 aliphatic rings. The van der Waals surface area contributed by atoms with Crippen molar-refractivity contribution >= 4 is 22.7 Å². The van der Waals surface area contributed by atoms with Crippen molar-refractivity contribution in [3.05, 3.63) is 118 Å². The predicted octanol–water partition coefficient (Wildman–Crippen LogP) is 5.50. The smallest absolute Gasteiger partial charge is 0.0343 e. The van der Waals surface area contributed by atoms with Crippen molar-refractivity contribution in [1.29, 1.82) is 0 Å². The zero-order chi connectivity index (χ0) is 23.1. The number of nitrogen functional groups attached to an aromatic ring is 4. The Morgan fingerprint density at radius 2 is 0.938 bits per heavy atom. The second-order valence-corrected chi connectivity index (χ2v) is 8.22. The van der Waals surface area contributed by atoms with Gasteiger partial charge in [0.1, 0.15) is 0 Å². The molecule has 0 fully saturated rings. The summed E-state index contributed by atoms with van der Waals surface area (Å²) in [5.41, 5.74) is 33.6. The number of hydrogen-bond acceptors (Lipinski definition) is 4. The van der Waals surface area contributed by atoms with Crippen LogP contribution in [0.5, 0.6) is 0 Å². The fourth-order valence-corrected chi connectivity index (χ4v) is 3.51. The molecule has 0 aromatic heterocycles. The standard InChI is InChI=1S/C15H18N2.C13H14N2/c1-10-7-12(3-5-14(10)16)9-13-4-6-15(17)11(2)8-13;14-12-6-4-10(5-7-12)8-11-2-1-3-13(15)9-11/h3-8H,9,16-17H2,1-2H3;1-7,9H,8,14-15H2. The molecule has 32 heavy (non-hydrogen) atoms. The molecule has 8 N–H and O–H groups in total. The highest BCUT2D eigenvalue weighted by Crippen LogP contribution is 2.19. The normalized spacial score (nSPS) is 10.3. The third-order valence-corrected chi connectivity index (χ3v) is 5.42. The summed E-state index contributed by atoms with van der Waals surface area (Å²) in [5.74, 6) is 0. The highest BCUT2D eigenvalue weighted by atomic mass is 14.6. The van der Waals surface area contributed by atoms with Crippen LogP contribution in [0.25, 0.3) is 0 Å². The van der Waals surface area contributed by atoms with Crippen LogP contribution in [0.3, 0.4) is 0 Å². The lowest BCUT2D eigenvalue weighted by Gasteiger charge is -2.07. The summed E-state index contributed by atoms with van der Waals surface area (Å²) in [6, 6.07) is 28.2. The van der Waals surface area contributed by atoms with Crippen LogP contribution < -0.4 is 22.9 Å². The van der Waals surface area contributed by atoms with E-state index in [9.17, 15) is 0 Å². The Morgan fingerprint density at radius 3 is 1.44 bits per heavy atom. The maximum absolute atomic E-state index is 5.81. The molecule has 4 aromatic carbocycles. The van der Waals surface area contributed by atoms with E-state index in [-0.39, 0.29) is 0 Å². The van der Waals surface area contributed by atoms with Gasteiger partial charge in [0.15, 0.2) is 0 Å². The van der Waals surface area contributed by atoms with Crippen molar-refractivity contribution < 1.29 is 0 Å². The van der Waals surface area contributed by atoms with Crippen LogP contribution >= 0.6 is 0 Å². The van der Waals surface area contributed by atoms with E-state index in [2.05, 4.69) is 30.3 Å². The van der Waals surface area contributed by atoms with Crippen molar-refractivity contribution in [2.24, 2.45) is 0 Å². The monoisotopic (exact) mass is 424 g/mol. The van der Waals surface area contributed by atoms with E-state index >= 15 is 0 Å². The molecule has 0 saturated carbocycles. The van der Waals surface area contributed by atoms with Crippen molar-refractivity contribution in [1.82, 2.24) is 0 Å². The van der Waals surface area contributed by atoms with Gasteiger partial charge >= 0.3 is 0 Å². The van der Waals surface area contributed by atoms with Crippen LogP contribution in [0.4, 0.5) is 22.7 Å². The highest BCUT2D eigenvalue weighted by Gasteiger charge is 2.01. The van der Waals surface area contributed by atoms with Crippen LogP contribution in [-0.4, -0.2) is 0 Å². The van der Waals surface area contributed by atoms with E-state index < -0.39 is 0 Å². The average molecular weight is 425 g/mol. The van der Waals surface area contributed by atoms with E-state index in [1.807, 2.05) is 68.4 Å². The first-order chi connectivity index (χ1) is 15.3. The third-order valence-electron chi connectivity index (χ3n) is 5.42. The molecular weight excluding hydrogens is 392 g/mol. The van der Waals surface area contributed by atoms with Gasteiger partial charge in [-0.05, 0) is 96.5 Å². The molecule has 0 aliphatic heterocycles. The zero-order valence-corrected chi connectivity index (χ0v) is 18.8. The van der Waals surface area contributed by atoms with Crippen molar-refractivity contribution in [2.75, 3.05) is 22.9 Å². The van der Waals surface area contributed by atoms with E-state index in [1.54, 1.807) is 0 Å².